The van der Waals surface area contributed by atoms with Crippen molar-refractivity contribution in [2.24, 2.45) is 5.84 Å². The Hall–Kier alpha value is -1.55. The third kappa shape index (κ3) is 2.17. The molecular weight excluding hydrogens is 202 g/mol. The normalized spacial score (nSPS) is 15.9. The maximum Gasteiger partial charge on any atom is 0.267 e. The molecule has 1 saturated heterocycles. The highest BCUT2D eigenvalue weighted by Crippen LogP contribution is 2.23. The summed E-state index contributed by atoms with van der Waals surface area (Å²) < 4.78 is 0. The van der Waals surface area contributed by atoms with Crippen LogP contribution in [0.1, 0.15) is 29.6 Å². The number of nitrogens with two attached hydrogens (primary N) is 1. The van der Waals surface area contributed by atoms with Gasteiger partial charge in [-0.3, -0.25) is 10.2 Å². The van der Waals surface area contributed by atoms with Gasteiger partial charge >= 0.3 is 0 Å². The van der Waals surface area contributed by atoms with Gasteiger partial charge in [0.1, 0.15) is 0 Å². The first-order chi connectivity index (χ1) is 7.83. The van der Waals surface area contributed by atoms with E-state index in [9.17, 15) is 4.79 Å². The molecule has 1 amide bonds. The van der Waals surface area contributed by atoms with Crippen LogP contribution in [-0.4, -0.2) is 19.0 Å². The Kier molecular flexibility index (Phi) is 3.41. The summed E-state index contributed by atoms with van der Waals surface area (Å²) in [5.74, 6) is 4.96. The van der Waals surface area contributed by atoms with E-state index in [0.29, 0.717) is 5.56 Å². The monoisotopic (exact) mass is 219 g/mol. The third-order valence-electron chi connectivity index (χ3n) is 2.98. The maximum absolute atomic E-state index is 11.6. The molecule has 0 bridgehead atoms. The van der Waals surface area contributed by atoms with Crippen LogP contribution in [0.4, 0.5) is 5.69 Å². The van der Waals surface area contributed by atoms with Gasteiger partial charge in [-0.25, -0.2) is 5.84 Å². The van der Waals surface area contributed by atoms with Crippen molar-refractivity contribution in [3.8, 4) is 0 Å². The van der Waals surface area contributed by atoms with Gasteiger partial charge in [-0.05, 0) is 31.4 Å². The number of nitrogen functional groups attached to an aromatic ring is 1. The number of nitrogens with zero attached hydrogens (tertiary/aromatic N) is 1. The van der Waals surface area contributed by atoms with Crippen molar-refractivity contribution in [3.05, 3.63) is 29.8 Å². The molecule has 1 aromatic carbocycles. The second-order valence-electron chi connectivity index (χ2n) is 4.04. The Morgan fingerprint density at radius 2 is 1.88 bits per heavy atom. The van der Waals surface area contributed by atoms with Crippen molar-refractivity contribution < 1.29 is 4.79 Å². The predicted molar refractivity (Wildman–Crippen MR) is 64.2 cm³/mol. The molecule has 1 fully saturated rings. The van der Waals surface area contributed by atoms with Crippen molar-refractivity contribution in [2.45, 2.75) is 19.3 Å². The van der Waals surface area contributed by atoms with Gasteiger partial charge in [0.05, 0.1) is 5.56 Å². The fourth-order valence-electron chi connectivity index (χ4n) is 2.15. The van der Waals surface area contributed by atoms with Crippen LogP contribution in [0.5, 0.6) is 0 Å². The van der Waals surface area contributed by atoms with Crippen LogP contribution in [0.2, 0.25) is 0 Å². The lowest BCUT2D eigenvalue weighted by molar-refractivity contribution is 0.0954. The summed E-state index contributed by atoms with van der Waals surface area (Å²) in [5.41, 5.74) is 3.85. The van der Waals surface area contributed by atoms with E-state index < -0.39 is 0 Å². The fraction of sp³-hybridized carbons (Fsp3) is 0.417. The highest BCUT2D eigenvalue weighted by atomic mass is 16.2. The number of hydrogen-bond donors (Lipinski definition) is 2. The molecule has 0 aliphatic carbocycles. The molecule has 4 heteroatoms. The van der Waals surface area contributed by atoms with Crippen LogP contribution in [0.3, 0.4) is 0 Å². The minimum Gasteiger partial charge on any atom is -0.371 e. The quantitative estimate of drug-likeness (QED) is 0.447. The number of nitrogens with one attached hydrogen (secondary N) is 1. The molecule has 1 aliphatic rings. The van der Waals surface area contributed by atoms with Crippen molar-refractivity contribution in [1.82, 2.24) is 5.43 Å². The predicted octanol–water partition coefficient (Wildman–Crippen LogP) is 1.28. The van der Waals surface area contributed by atoms with E-state index in [0.717, 1.165) is 18.8 Å². The summed E-state index contributed by atoms with van der Waals surface area (Å²) in [6, 6.07) is 7.61. The Bertz CT molecular complexity index is 372. The molecule has 1 aliphatic heterocycles. The number of benzene rings is 1. The molecule has 1 heterocycles. The molecule has 2 rings (SSSR count). The Morgan fingerprint density at radius 3 is 2.56 bits per heavy atom. The molecular formula is C12H17N3O. The van der Waals surface area contributed by atoms with Gasteiger partial charge < -0.3 is 4.90 Å². The second-order valence-corrected chi connectivity index (χ2v) is 4.04. The van der Waals surface area contributed by atoms with Crippen LogP contribution >= 0.6 is 0 Å². The van der Waals surface area contributed by atoms with E-state index in [4.69, 9.17) is 5.84 Å². The molecule has 86 valence electrons. The lowest BCUT2D eigenvalue weighted by Gasteiger charge is -2.30. The number of carbonyl (C=O) groups excluding carboxylic acids is 1. The summed E-state index contributed by atoms with van der Waals surface area (Å²) in [6.45, 7) is 2.05. The van der Waals surface area contributed by atoms with Gasteiger partial charge in [-0.1, -0.05) is 12.1 Å². The summed E-state index contributed by atoms with van der Waals surface area (Å²) in [4.78, 5) is 13.9. The van der Waals surface area contributed by atoms with Crippen molar-refractivity contribution in [3.63, 3.8) is 0 Å². The third-order valence-corrected chi connectivity index (χ3v) is 2.98. The molecule has 0 aromatic heterocycles. The molecule has 3 N–H and O–H groups in total. The number of para-hydroxylation sites is 1. The molecule has 0 spiro atoms. The van der Waals surface area contributed by atoms with Crippen LogP contribution in [-0.2, 0) is 0 Å². The minimum atomic E-state index is -0.221. The number of hydrazine groups is 1. The van der Waals surface area contributed by atoms with E-state index in [1.807, 2.05) is 24.3 Å². The molecule has 0 unspecified atom stereocenters. The highest BCUT2D eigenvalue weighted by Gasteiger charge is 2.17. The summed E-state index contributed by atoms with van der Waals surface area (Å²) >= 11 is 0. The largest absolute Gasteiger partial charge is 0.371 e. The number of piperidine rings is 1. The van der Waals surface area contributed by atoms with Crippen molar-refractivity contribution in [2.75, 3.05) is 18.0 Å². The van der Waals surface area contributed by atoms with E-state index in [1.165, 1.54) is 19.3 Å². The van der Waals surface area contributed by atoms with Crippen LogP contribution in [0, 0.1) is 0 Å². The standard InChI is InChI=1S/C12H17N3O/c13-14-12(16)10-6-2-3-7-11(10)15-8-4-1-5-9-15/h2-3,6-7H,1,4-5,8-9,13H2,(H,14,16). The summed E-state index contributed by atoms with van der Waals surface area (Å²) in [6.07, 6.45) is 3.67. The van der Waals surface area contributed by atoms with Gasteiger partial charge in [0.15, 0.2) is 0 Å². The average molecular weight is 219 g/mol. The SMILES string of the molecule is NNC(=O)c1ccccc1N1CCCCC1. The van der Waals surface area contributed by atoms with Gasteiger partial charge in [0.25, 0.3) is 5.91 Å². The first kappa shape index (κ1) is 11.0. The van der Waals surface area contributed by atoms with E-state index in [2.05, 4.69) is 10.3 Å². The maximum atomic E-state index is 11.6. The smallest absolute Gasteiger partial charge is 0.267 e. The number of carbonyl (C=O) groups is 1. The number of rotatable bonds is 2. The highest BCUT2D eigenvalue weighted by molar-refractivity contribution is 5.99. The number of amides is 1. The number of anilines is 1. The van der Waals surface area contributed by atoms with E-state index >= 15 is 0 Å². The summed E-state index contributed by atoms with van der Waals surface area (Å²) in [7, 11) is 0. The Morgan fingerprint density at radius 1 is 1.19 bits per heavy atom. The van der Waals surface area contributed by atoms with Gasteiger partial charge in [-0.2, -0.15) is 0 Å². The van der Waals surface area contributed by atoms with Crippen LogP contribution in [0.25, 0.3) is 0 Å². The number of hydrogen-bond acceptors (Lipinski definition) is 3. The topological polar surface area (TPSA) is 58.4 Å². The second kappa shape index (κ2) is 4.99. The van der Waals surface area contributed by atoms with Crippen molar-refractivity contribution >= 4 is 11.6 Å². The first-order valence-corrected chi connectivity index (χ1v) is 5.68. The summed E-state index contributed by atoms with van der Waals surface area (Å²) in [5, 5.41) is 0. The van der Waals surface area contributed by atoms with Gasteiger partial charge in [0.2, 0.25) is 0 Å². The zero-order chi connectivity index (χ0) is 11.4. The fourth-order valence-corrected chi connectivity index (χ4v) is 2.15. The van der Waals surface area contributed by atoms with Crippen molar-refractivity contribution in [1.29, 1.82) is 0 Å². The molecule has 1 aromatic rings. The first-order valence-electron chi connectivity index (χ1n) is 5.68. The Labute approximate surface area is 95.4 Å². The zero-order valence-electron chi connectivity index (χ0n) is 9.28. The molecule has 0 atom stereocenters. The Balaban J connectivity index is 2.28. The average Bonchev–Trinajstić information content (AvgIpc) is 2.39. The molecule has 4 nitrogen and oxygen atoms in total. The van der Waals surface area contributed by atoms with E-state index in [1.54, 1.807) is 0 Å². The lowest BCUT2D eigenvalue weighted by Crippen LogP contribution is -2.34. The minimum absolute atomic E-state index is 0.221. The molecule has 0 saturated carbocycles. The molecule has 0 radical (unpaired) electrons. The lowest BCUT2D eigenvalue weighted by atomic mass is 10.1. The molecule has 16 heavy (non-hydrogen) atoms. The van der Waals surface area contributed by atoms with Gasteiger partial charge in [0, 0.05) is 18.8 Å². The van der Waals surface area contributed by atoms with E-state index in [-0.39, 0.29) is 5.91 Å². The van der Waals surface area contributed by atoms with Crippen LogP contribution < -0.4 is 16.2 Å². The van der Waals surface area contributed by atoms with Gasteiger partial charge in [-0.15, -0.1) is 0 Å². The van der Waals surface area contributed by atoms with Crippen LogP contribution in [0.15, 0.2) is 24.3 Å². The zero-order valence-corrected chi connectivity index (χ0v) is 9.28.